The zero-order valence-electron chi connectivity index (χ0n) is 18.0. The molecule has 168 valence electrons. The van der Waals surface area contributed by atoms with Crippen molar-refractivity contribution in [2.24, 2.45) is 11.3 Å². The molecule has 4 rings (SSSR count). The van der Waals surface area contributed by atoms with E-state index in [4.69, 9.17) is 11.6 Å². The SMILES string of the molecule is CC(C)(C)C1[C@H](C(c2ccc(F)c(Cl)c2)N2C(=O)c3ccccc3C2=O)CCN1C(=O)O. The summed E-state index contributed by atoms with van der Waals surface area (Å²) in [6.45, 7) is 6.07. The smallest absolute Gasteiger partial charge is 0.407 e. The molecule has 0 radical (unpaired) electrons. The van der Waals surface area contributed by atoms with Crippen LogP contribution in [0.15, 0.2) is 42.5 Å². The Balaban J connectivity index is 1.88. The Morgan fingerprint density at radius 1 is 1.12 bits per heavy atom. The van der Waals surface area contributed by atoms with E-state index in [2.05, 4.69) is 0 Å². The van der Waals surface area contributed by atoms with Gasteiger partial charge >= 0.3 is 6.09 Å². The predicted molar refractivity (Wildman–Crippen MR) is 117 cm³/mol. The maximum absolute atomic E-state index is 14.0. The zero-order valence-corrected chi connectivity index (χ0v) is 18.8. The molecule has 2 heterocycles. The lowest BCUT2D eigenvalue weighted by molar-refractivity contribution is 0.0392. The molecule has 2 unspecified atom stereocenters. The van der Waals surface area contributed by atoms with Gasteiger partial charge in [0.15, 0.2) is 0 Å². The van der Waals surface area contributed by atoms with Gasteiger partial charge in [-0.25, -0.2) is 9.18 Å². The summed E-state index contributed by atoms with van der Waals surface area (Å²) >= 11 is 6.07. The fourth-order valence-electron chi connectivity index (χ4n) is 5.22. The molecule has 1 fully saturated rings. The molecule has 6 nitrogen and oxygen atoms in total. The molecular weight excluding hydrogens is 435 g/mol. The van der Waals surface area contributed by atoms with Crippen molar-refractivity contribution >= 4 is 29.5 Å². The van der Waals surface area contributed by atoms with Crippen molar-refractivity contribution in [1.29, 1.82) is 0 Å². The minimum Gasteiger partial charge on any atom is -0.465 e. The number of hydrogen-bond donors (Lipinski definition) is 1. The van der Waals surface area contributed by atoms with Crippen molar-refractivity contribution < 1.29 is 23.9 Å². The van der Waals surface area contributed by atoms with Crippen molar-refractivity contribution in [3.05, 3.63) is 70.0 Å². The normalized spacial score (nSPS) is 21.8. The van der Waals surface area contributed by atoms with Gasteiger partial charge < -0.3 is 10.0 Å². The van der Waals surface area contributed by atoms with Gasteiger partial charge in [-0.2, -0.15) is 0 Å². The molecule has 0 aromatic heterocycles. The highest BCUT2D eigenvalue weighted by Gasteiger charge is 2.52. The molecule has 2 aliphatic rings. The van der Waals surface area contributed by atoms with Crippen molar-refractivity contribution in [2.45, 2.75) is 39.3 Å². The number of fused-ring (bicyclic) bond motifs is 1. The largest absolute Gasteiger partial charge is 0.465 e. The van der Waals surface area contributed by atoms with Crippen molar-refractivity contribution in [1.82, 2.24) is 9.80 Å². The van der Waals surface area contributed by atoms with Crippen LogP contribution in [0.2, 0.25) is 5.02 Å². The van der Waals surface area contributed by atoms with Gasteiger partial charge in [0.1, 0.15) is 5.82 Å². The molecule has 3 amide bonds. The summed E-state index contributed by atoms with van der Waals surface area (Å²) in [4.78, 5) is 41.3. The van der Waals surface area contributed by atoms with E-state index >= 15 is 0 Å². The second-order valence-corrected chi connectivity index (χ2v) is 9.79. The minimum absolute atomic E-state index is 0.121. The summed E-state index contributed by atoms with van der Waals surface area (Å²) in [5.41, 5.74) is 0.630. The van der Waals surface area contributed by atoms with Crippen molar-refractivity contribution in [2.75, 3.05) is 6.54 Å². The lowest BCUT2D eigenvalue weighted by Gasteiger charge is -2.42. The Morgan fingerprint density at radius 2 is 1.72 bits per heavy atom. The van der Waals surface area contributed by atoms with Crippen LogP contribution in [0, 0.1) is 17.2 Å². The second kappa shape index (κ2) is 7.89. The Kier molecular flexibility index (Phi) is 5.49. The molecule has 8 heteroatoms. The first-order valence-corrected chi connectivity index (χ1v) is 10.8. The van der Waals surface area contributed by atoms with E-state index in [9.17, 15) is 23.9 Å². The molecule has 0 aliphatic carbocycles. The van der Waals surface area contributed by atoms with Crippen LogP contribution < -0.4 is 0 Å². The van der Waals surface area contributed by atoms with Crippen LogP contribution in [0.4, 0.5) is 9.18 Å². The first-order valence-electron chi connectivity index (χ1n) is 10.4. The lowest BCUT2D eigenvalue weighted by Crippen LogP contribution is -2.49. The van der Waals surface area contributed by atoms with E-state index in [0.717, 1.165) is 0 Å². The van der Waals surface area contributed by atoms with E-state index in [-0.39, 0.29) is 11.6 Å². The summed E-state index contributed by atoms with van der Waals surface area (Å²) in [6.07, 6.45) is -0.605. The number of amides is 3. The molecule has 2 aromatic rings. The average molecular weight is 459 g/mol. The Bertz CT molecular complexity index is 1080. The molecular formula is C24H24ClFN2O4. The van der Waals surface area contributed by atoms with Gasteiger partial charge in [-0.3, -0.25) is 14.5 Å². The zero-order chi connectivity index (χ0) is 23.4. The third-order valence-corrected chi connectivity index (χ3v) is 6.66. The van der Waals surface area contributed by atoms with E-state index in [1.165, 1.54) is 28.0 Å². The number of likely N-dealkylation sites (tertiary alicyclic amines) is 1. The Labute approximate surface area is 190 Å². The predicted octanol–water partition coefficient (Wildman–Crippen LogP) is 5.23. The van der Waals surface area contributed by atoms with Gasteiger partial charge in [0.05, 0.1) is 22.2 Å². The third kappa shape index (κ3) is 3.54. The van der Waals surface area contributed by atoms with Crippen LogP contribution in [0.5, 0.6) is 0 Å². The van der Waals surface area contributed by atoms with Crippen LogP contribution in [0.25, 0.3) is 0 Å². The maximum Gasteiger partial charge on any atom is 0.407 e. The van der Waals surface area contributed by atoms with E-state index < -0.39 is 47.1 Å². The number of carbonyl (C=O) groups is 3. The third-order valence-electron chi connectivity index (χ3n) is 6.37. The molecule has 32 heavy (non-hydrogen) atoms. The average Bonchev–Trinajstić information content (AvgIpc) is 3.27. The molecule has 2 aromatic carbocycles. The number of carbonyl (C=O) groups excluding carboxylic acids is 2. The minimum atomic E-state index is -1.05. The molecule has 0 bridgehead atoms. The highest BCUT2D eigenvalue weighted by molar-refractivity contribution is 6.30. The monoisotopic (exact) mass is 458 g/mol. The van der Waals surface area contributed by atoms with Crippen LogP contribution in [-0.4, -0.2) is 45.4 Å². The lowest BCUT2D eigenvalue weighted by atomic mass is 9.74. The number of carboxylic acid groups (broad SMARTS) is 1. The second-order valence-electron chi connectivity index (χ2n) is 9.38. The van der Waals surface area contributed by atoms with Gasteiger partial charge in [0.2, 0.25) is 0 Å². The standard InChI is InChI=1S/C24H24ClFN2O4/c1-24(2,3)20-16(10-11-27(20)23(31)32)19(13-8-9-18(26)17(25)12-13)28-21(29)14-6-4-5-7-15(14)22(28)30/h4-9,12,16,19-20H,10-11H2,1-3H3,(H,31,32)/t16-,19?,20?/m0/s1. The van der Waals surface area contributed by atoms with Gasteiger partial charge in [-0.15, -0.1) is 0 Å². The number of imide groups is 1. The molecule has 1 N–H and O–H groups in total. The van der Waals surface area contributed by atoms with Gasteiger partial charge in [0, 0.05) is 18.5 Å². The van der Waals surface area contributed by atoms with Crippen molar-refractivity contribution in [3.8, 4) is 0 Å². The first-order chi connectivity index (χ1) is 15.0. The van der Waals surface area contributed by atoms with Crippen LogP contribution in [-0.2, 0) is 0 Å². The van der Waals surface area contributed by atoms with Crippen LogP contribution >= 0.6 is 11.6 Å². The number of hydrogen-bond acceptors (Lipinski definition) is 3. The molecule has 0 saturated carbocycles. The van der Waals surface area contributed by atoms with Gasteiger partial charge in [0.25, 0.3) is 11.8 Å². The fraction of sp³-hybridized carbons (Fsp3) is 0.375. The summed E-state index contributed by atoms with van der Waals surface area (Å²) < 4.78 is 14.0. The van der Waals surface area contributed by atoms with E-state index in [1.54, 1.807) is 24.3 Å². The summed E-state index contributed by atoms with van der Waals surface area (Å²) in [6, 6.07) is 9.46. The van der Waals surface area contributed by atoms with Crippen LogP contribution in [0.1, 0.15) is 59.5 Å². The summed E-state index contributed by atoms with van der Waals surface area (Å²) in [7, 11) is 0. The topological polar surface area (TPSA) is 77.9 Å². The number of rotatable bonds is 3. The molecule has 1 saturated heterocycles. The van der Waals surface area contributed by atoms with E-state index in [0.29, 0.717) is 23.1 Å². The van der Waals surface area contributed by atoms with Gasteiger partial charge in [-0.1, -0.05) is 50.6 Å². The fourth-order valence-corrected chi connectivity index (χ4v) is 5.40. The summed E-state index contributed by atoms with van der Waals surface area (Å²) in [5, 5.41) is 9.70. The first kappa shape index (κ1) is 22.3. The molecule has 3 atom stereocenters. The highest BCUT2D eigenvalue weighted by atomic mass is 35.5. The quantitative estimate of drug-likeness (QED) is 0.639. The molecule has 0 spiro atoms. The van der Waals surface area contributed by atoms with Gasteiger partial charge in [-0.05, 0) is 41.7 Å². The maximum atomic E-state index is 14.0. The van der Waals surface area contributed by atoms with Crippen molar-refractivity contribution in [3.63, 3.8) is 0 Å². The summed E-state index contributed by atoms with van der Waals surface area (Å²) in [5.74, 6) is -1.90. The Hall–Kier alpha value is -2.93. The van der Waals surface area contributed by atoms with E-state index in [1.807, 2.05) is 20.8 Å². The number of nitrogens with zero attached hydrogens (tertiary/aromatic N) is 2. The number of benzene rings is 2. The highest BCUT2D eigenvalue weighted by Crippen LogP contribution is 2.47. The Morgan fingerprint density at radius 3 is 2.22 bits per heavy atom. The molecule has 2 aliphatic heterocycles. The van der Waals surface area contributed by atoms with Crippen LogP contribution in [0.3, 0.4) is 0 Å². The number of halogens is 2.